The third-order valence-electron chi connectivity index (χ3n) is 3.16. The molecule has 0 aromatic heterocycles. The summed E-state index contributed by atoms with van der Waals surface area (Å²) in [6.07, 6.45) is -0.361. The van der Waals surface area contributed by atoms with Gasteiger partial charge in [-0.25, -0.2) is 12.8 Å². The maximum atomic E-state index is 13.1. The number of halogens is 2. The van der Waals surface area contributed by atoms with Crippen LogP contribution in [0.1, 0.15) is 13.8 Å². The van der Waals surface area contributed by atoms with Crippen LogP contribution < -0.4 is 4.31 Å². The Hall–Kier alpha value is -1.68. The second-order valence-electron chi connectivity index (χ2n) is 5.48. The van der Waals surface area contributed by atoms with Gasteiger partial charge in [0.2, 0.25) is 0 Å². The lowest BCUT2D eigenvalue weighted by molar-refractivity contribution is -0.145. The fraction of sp³-hybridized carbons (Fsp3) is 0.235. The molecule has 8 heteroatoms. The Bertz CT molecular complexity index is 836. The highest BCUT2D eigenvalue weighted by Gasteiger charge is 2.28. The van der Waals surface area contributed by atoms with Gasteiger partial charge in [-0.05, 0) is 85.0 Å². The van der Waals surface area contributed by atoms with E-state index >= 15 is 0 Å². The topological polar surface area (TPSA) is 63.7 Å². The SMILES string of the molecule is CC(C)OC(=O)CN(c1ccc(I)cc1)S(=O)(=O)c1ccc(F)cc1. The van der Waals surface area contributed by atoms with Gasteiger partial charge < -0.3 is 4.74 Å². The number of anilines is 1. The van der Waals surface area contributed by atoms with Gasteiger partial charge in [0.25, 0.3) is 10.0 Å². The molecule has 0 radical (unpaired) electrons. The number of ether oxygens (including phenoxy) is 1. The Morgan fingerprint density at radius 1 is 1.12 bits per heavy atom. The van der Waals surface area contributed by atoms with Crippen LogP contribution in [-0.2, 0) is 19.6 Å². The zero-order chi connectivity index (χ0) is 18.6. The number of carbonyl (C=O) groups is 1. The zero-order valence-electron chi connectivity index (χ0n) is 13.6. The molecule has 0 heterocycles. The quantitative estimate of drug-likeness (QED) is 0.472. The van der Waals surface area contributed by atoms with Crippen molar-refractivity contribution in [1.82, 2.24) is 0 Å². The molecular formula is C17H17FINO4S. The van der Waals surface area contributed by atoms with Gasteiger partial charge in [-0.15, -0.1) is 0 Å². The van der Waals surface area contributed by atoms with Gasteiger partial charge in [0, 0.05) is 3.57 Å². The third-order valence-corrected chi connectivity index (χ3v) is 5.66. The first kappa shape index (κ1) is 19.6. The number of hydrogen-bond donors (Lipinski definition) is 0. The molecule has 2 rings (SSSR count). The van der Waals surface area contributed by atoms with Gasteiger partial charge in [0.05, 0.1) is 16.7 Å². The molecule has 0 unspecified atom stereocenters. The summed E-state index contributed by atoms with van der Waals surface area (Å²) < 4.78 is 46.0. The predicted octanol–water partition coefficient (Wildman–Crippen LogP) is 3.58. The van der Waals surface area contributed by atoms with E-state index in [-0.39, 0.29) is 11.0 Å². The van der Waals surface area contributed by atoms with Gasteiger partial charge in [-0.3, -0.25) is 9.10 Å². The van der Waals surface area contributed by atoms with Crippen LogP contribution >= 0.6 is 22.6 Å². The number of hydrogen-bond acceptors (Lipinski definition) is 4. The third kappa shape index (κ3) is 5.15. The number of carbonyl (C=O) groups excluding carboxylic acids is 1. The first-order valence-corrected chi connectivity index (χ1v) is 9.95. The highest BCUT2D eigenvalue weighted by Crippen LogP contribution is 2.24. The Kier molecular flexibility index (Phi) is 6.39. The van der Waals surface area contributed by atoms with Crippen molar-refractivity contribution in [3.8, 4) is 0 Å². The predicted molar refractivity (Wildman–Crippen MR) is 101 cm³/mol. The van der Waals surface area contributed by atoms with Crippen molar-refractivity contribution in [2.75, 3.05) is 10.8 Å². The molecule has 5 nitrogen and oxygen atoms in total. The summed E-state index contributed by atoms with van der Waals surface area (Å²) in [5.74, 6) is -1.21. The smallest absolute Gasteiger partial charge is 0.327 e. The van der Waals surface area contributed by atoms with Crippen molar-refractivity contribution >= 4 is 44.3 Å². The summed E-state index contributed by atoms with van der Waals surface area (Å²) in [5.41, 5.74) is 0.324. The molecule has 0 saturated carbocycles. The second kappa shape index (κ2) is 8.13. The fourth-order valence-electron chi connectivity index (χ4n) is 2.07. The van der Waals surface area contributed by atoms with E-state index in [1.807, 2.05) is 0 Å². The number of benzene rings is 2. The highest BCUT2D eigenvalue weighted by molar-refractivity contribution is 14.1. The largest absolute Gasteiger partial charge is 0.462 e. The molecule has 2 aromatic rings. The number of esters is 1. The van der Waals surface area contributed by atoms with E-state index in [9.17, 15) is 17.6 Å². The number of rotatable bonds is 6. The monoisotopic (exact) mass is 477 g/mol. The van der Waals surface area contributed by atoms with Crippen LogP contribution in [0.4, 0.5) is 10.1 Å². The minimum Gasteiger partial charge on any atom is -0.462 e. The van der Waals surface area contributed by atoms with E-state index in [2.05, 4.69) is 22.6 Å². The molecule has 0 amide bonds. The summed E-state index contributed by atoms with van der Waals surface area (Å²) in [6, 6.07) is 11.1. The van der Waals surface area contributed by atoms with Crippen molar-refractivity contribution < 1.29 is 22.3 Å². The second-order valence-corrected chi connectivity index (χ2v) is 8.59. The minimum atomic E-state index is -4.05. The lowest BCUT2D eigenvalue weighted by Crippen LogP contribution is -2.37. The minimum absolute atomic E-state index is 0.107. The fourth-order valence-corrected chi connectivity index (χ4v) is 3.84. The molecule has 0 aliphatic carbocycles. The van der Waals surface area contributed by atoms with Gasteiger partial charge in [0.1, 0.15) is 12.4 Å². The summed E-state index contributed by atoms with van der Waals surface area (Å²) in [6.45, 7) is 2.89. The van der Waals surface area contributed by atoms with Gasteiger partial charge in [-0.1, -0.05) is 0 Å². The van der Waals surface area contributed by atoms with Crippen molar-refractivity contribution in [1.29, 1.82) is 0 Å². The van der Waals surface area contributed by atoms with Crippen molar-refractivity contribution in [2.24, 2.45) is 0 Å². The van der Waals surface area contributed by atoms with Crippen LogP contribution in [0.2, 0.25) is 0 Å². The molecule has 0 N–H and O–H groups in total. The van der Waals surface area contributed by atoms with E-state index in [4.69, 9.17) is 4.74 Å². The average Bonchev–Trinajstić information content (AvgIpc) is 2.53. The van der Waals surface area contributed by atoms with Crippen LogP contribution in [0.3, 0.4) is 0 Å². The molecule has 134 valence electrons. The van der Waals surface area contributed by atoms with Crippen LogP contribution in [-0.4, -0.2) is 27.0 Å². The number of sulfonamides is 1. The molecule has 25 heavy (non-hydrogen) atoms. The van der Waals surface area contributed by atoms with E-state index in [1.54, 1.807) is 38.1 Å². The average molecular weight is 477 g/mol. The Morgan fingerprint density at radius 2 is 1.68 bits per heavy atom. The van der Waals surface area contributed by atoms with E-state index in [0.717, 1.165) is 32.1 Å². The van der Waals surface area contributed by atoms with Crippen LogP contribution in [0.25, 0.3) is 0 Å². The maximum absolute atomic E-state index is 13.1. The molecule has 0 aliphatic heterocycles. The van der Waals surface area contributed by atoms with Crippen molar-refractivity contribution in [2.45, 2.75) is 24.8 Å². The van der Waals surface area contributed by atoms with Crippen molar-refractivity contribution in [3.63, 3.8) is 0 Å². The van der Waals surface area contributed by atoms with E-state index in [1.165, 1.54) is 0 Å². The normalized spacial score (nSPS) is 11.4. The standard InChI is InChI=1S/C17H17FINO4S/c1-12(2)24-17(21)11-20(15-7-5-14(19)6-8-15)25(22,23)16-9-3-13(18)4-10-16/h3-10,12H,11H2,1-2H3. The molecule has 2 aromatic carbocycles. The Morgan fingerprint density at radius 3 is 2.20 bits per heavy atom. The lowest BCUT2D eigenvalue weighted by atomic mass is 10.3. The molecule has 0 fully saturated rings. The van der Waals surface area contributed by atoms with Crippen LogP contribution in [0.5, 0.6) is 0 Å². The molecular weight excluding hydrogens is 460 g/mol. The summed E-state index contributed by atoms with van der Waals surface area (Å²) in [4.78, 5) is 11.9. The maximum Gasteiger partial charge on any atom is 0.327 e. The zero-order valence-corrected chi connectivity index (χ0v) is 16.6. The highest BCUT2D eigenvalue weighted by atomic mass is 127. The Balaban J connectivity index is 2.44. The first-order chi connectivity index (χ1) is 11.7. The van der Waals surface area contributed by atoms with E-state index < -0.39 is 28.4 Å². The lowest BCUT2D eigenvalue weighted by Gasteiger charge is -2.24. The van der Waals surface area contributed by atoms with Crippen LogP contribution in [0, 0.1) is 9.39 Å². The van der Waals surface area contributed by atoms with Gasteiger partial charge >= 0.3 is 5.97 Å². The van der Waals surface area contributed by atoms with Crippen molar-refractivity contribution in [3.05, 3.63) is 57.9 Å². The molecule has 0 spiro atoms. The van der Waals surface area contributed by atoms with Crippen LogP contribution in [0.15, 0.2) is 53.4 Å². The van der Waals surface area contributed by atoms with Gasteiger partial charge in [0.15, 0.2) is 0 Å². The summed E-state index contributed by atoms with van der Waals surface area (Å²) in [5, 5.41) is 0. The number of nitrogens with zero attached hydrogens (tertiary/aromatic N) is 1. The summed E-state index contributed by atoms with van der Waals surface area (Å²) in [7, 11) is -4.05. The molecule has 0 bridgehead atoms. The van der Waals surface area contributed by atoms with Gasteiger partial charge in [-0.2, -0.15) is 0 Å². The molecule has 0 atom stereocenters. The summed E-state index contributed by atoms with van der Waals surface area (Å²) >= 11 is 2.10. The molecule has 0 saturated heterocycles. The Labute approximate surface area is 160 Å². The molecule has 0 aliphatic rings. The van der Waals surface area contributed by atoms with E-state index in [0.29, 0.717) is 5.69 Å². The first-order valence-electron chi connectivity index (χ1n) is 7.43.